The van der Waals surface area contributed by atoms with Crippen molar-refractivity contribution in [2.24, 2.45) is 0 Å². The lowest BCUT2D eigenvalue weighted by molar-refractivity contribution is 0.0920. The molecule has 4 nitrogen and oxygen atoms in total. The number of aromatic amines is 1. The van der Waals surface area contributed by atoms with Gasteiger partial charge in [0, 0.05) is 30.0 Å². The van der Waals surface area contributed by atoms with Crippen LogP contribution in [0.4, 0.5) is 4.39 Å². The average Bonchev–Trinajstić information content (AvgIpc) is 3.00. The van der Waals surface area contributed by atoms with Crippen molar-refractivity contribution in [1.29, 1.82) is 0 Å². The lowest BCUT2D eigenvalue weighted by Gasteiger charge is -2.30. The SMILES string of the molecule is CC1NCCCC1NC(=O)c1c[nH]cc1-c1ccc(F)cc1. The first kappa shape index (κ1) is 14.8. The Morgan fingerprint density at radius 3 is 2.77 bits per heavy atom. The molecule has 1 aromatic carbocycles. The maximum Gasteiger partial charge on any atom is 0.253 e. The molecule has 1 aromatic heterocycles. The van der Waals surface area contributed by atoms with Crippen LogP contribution in [0.5, 0.6) is 0 Å². The van der Waals surface area contributed by atoms with Gasteiger partial charge in [-0.15, -0.1) is 0 Å². The van der Waals surface area contributed by atoms with Gasteiger partial charge in [0.25, 0.3) is 5.91 Å². The number of benzene rings is 1. The van der Waals surface area contributed by atoms with Crippen molar-refractivity contribution in [2.45, 2.75) is 31.8 Å². The number of aromatic nitrogens is 1. The van der Waals surface area contributed by atoms with Crippen LogP contribution in [0.25, 0.3) is 11.1 Å². The molecule has 2 unspecified atom stereocenters. The van der Waals surface area contributed by atoms with E-state index in [4.69, 9.17) is 0 Å². The van der Waals surface area contributed by atoms with Crippen molar-refractivity contribution in [3.63, 3.8) is 0 Å². The highest BCUT2D eigenvalue weighted by Crippen LogP contribution is 2.24. The highest BCUT2D eigenvalue weighted by atomic mass is 19.1. The van der Waals surface area contributed by atoms with Crippen LogP contribution in [0.3, 0.4) is 0 Å². The number of rotatable bonds is 3. The van der Waals surface area contributed by atoms with Crippen LogP contribution in [0.2, 0.25) is 0 Å². The Labute approximate surface area is 129 Å². The molecule has 0 aliphatic carbocycles. The number of carbonyl (C=O) groups is 1. The predicted octanol–water partition coefficient (Wildman–Crippen LogP) is 2.69. The molecule has 5 heteroatoms. The topological polar surface area (TPSA) is 56.9 Å². The third kappa shape index (κ3) is 3.04. The van der Waals surface area contributed by atoms with Crippen molar-refractivity contribution in [3.05, 3.63) is 48.0 Å². The maximum atomic E-state index is 13.0. The number of amides is 1. The van der Waals surface area contributed by atoms with Crippen LogP contribution in [0, 0.1) is 5.82 Å². The summed E-state index contributed by atoms with van der Waals surface area (Å²) < 4.78 is 13.0. The highest BCUT2D eigenvalue weighted by molar-refractivity contribution is 6.00. The summed E-state index contributed by atoms with van der Waals surface area (Å²) in [5.41, 5.74) is 2.20. The second kappa shape index (κ2) is 6.32. The summed E-state index contributed by atoms with van der Waals surface area (Å²) in [6.07, 6.45) is 5.50. The Morgan fingerprint density at radius 2 is 2.05 bits per heavy atom. The van der Waals surface area contributed by atoms with Crippen molar-refractivity contribution in [3.8, 4) is 11.1 Å². The van der Waals surface area contributed by atoms with E-state index in [0.29, 0.717) is 5.56 Å². The number of halogens is 1. The Kier molecular flexibility index (Phi) is 4.24. The molecule has 1 aliphatic rings. The minimum absolute atomic E-state index is 0.0962. The standard InChI is InChI=1S/C17H20FN3O/c1-11-16(3-2-8-20-11)21-17(22)15-10-19-9-14(15)12-4-6-13(18)7-5-12/h4-7,9-11,16,19-20H,2-3,8H2,1H3,(H,21,22). The fraction of sp³-hybridized carbons (Fsp3) is 0.353. The molecule has 2 heterocycles. The molecule has 3 rings (SSSR count). The fourth-order valence-corrected chi connectivity index (χ4v) is 2.91. The summed E-state index contributed by atoms with van der Waals surface area (Å²) in [7, 11) is 0. The minimum Gasteiger partial charge on any atom is -0.366 e. The Morgan fingerprint density at radius 1 is 1.27 bits per heavy atom. The summed E-state index contributed by atoms with van der Waals surface area (Å²) >= 11 is 0. The van der Waals surface area contributed by atoms with E-state index in [2.05, 4.69) is 22.5 Å². The zero-order valence-electron chi connectivity index (χ0n) is 12.5. The van der Waals surface area contributed by atoms with Gasteiger partial charge < -0.3 is 15.6 Å². The van der Waals surface area contributed by atoms with Crippen LogP contribution >= 0.6 is 0 Å². The molecule has 0 radical (unpaired) electrons. The van der Waals surface area contributed by atoms with Gasteiger partial charge in [0.1, 0.15) is 5.82 Å². The smallest absolute Gasteiger partial charge is 0.253 e. The molecule has 1 saturated heterocycles. The fourth-order valence-electron chi connectivity index (χ4n) is 2.91. The van der Waals surface area contributed by atoms with E-state index in [9.17, 15) is 9.18 Å². The van der Waals surface area contributed by atoms with Gasteiger partial charge in [-0.25, -0.2) is 4.39 Å². The molecule has 2 aromatic rings. The van der Waals surface area contributed by atoms with Gasteiger partial charge in [0.2, 0.25) is 0 Å². The second-order valence-corrected chi connectivity index (χ2v) is 5.75. The minimum atomic E-state index is -0.285. The molecule has 3 N–H and O–H groups in total. The van der Waals surface area contributed by atoms with Gasteiger partial charge in [-0.05, 0) is 44.0 Å². The Balaban J connectivity index is 1.79. The third-order valence-electron chi connectivity index (χ3n) is 4.22. The molecule has 0 saturated carbocycles. The largest absolute Gasteiger partial charge is 0.366 e. The lowest BCUT2D eigenvalue weighted by Crippen LogP contribution is -2.51. The zero-order chi connectivity index (χ0) is 15.5. The van der Waals surface area contributed by atoms with Gasteiger partial charge in [0.05, 0.1) is 5.56 Å². The van der Waals surface area contributed by atoms with E-state index in [1.165, 1.54) is 12.1 Å². The first-order chi connectivity index (χ1) is 10.6. The second-order valence-electron chi connectivity index (χ2n) is 5.75. The Hall–Kier alpha value is -2.14. The van der Waals surface area contributed by atoms with Crippen LogP contribution in [0.1, 0.15) is 30.1 Å². The van der Waals surface area contributed by atoms with Crippen molar-refractivity contribution >= 4 is 5.91 Å². The van der Waals surface area contributed by atoms with E-state index >= 15 is 0 Å². The van der Waals surface area contributed by atoms with Crippen molar-refractivity contribution < 1.29 is 9.18 Å². The zero-order valence-corrected chi connectivity index (χ0v) is 12.5. The molecule has 2 atom stereocenters. The average molecular weight is 301 g/mol. The first-order valence-corrected chi connectivity index (χ1v) is 7.62. The summed E-state index contributed by atoms with van der Waals surface area (Å²) in [5.74, 6) is -0.381. The maximum absolute atomic E-state index is 13.0. The first-order valence-electron chi connectivity index (χ1n) is 7.62. The molecule has 0 spiro atoms. The van der Waals surface area contributed by atoms with E-state index in [0.717, 1.165) is 30.5 Å². The van der Waals surface area contributed by atoms with Gasteiger partial charge >= 0.3 is 0 Å². The lowest BCUT2D eigenvalue weighted by atomic mass is 9.98. The molecule has 1 amide bonds. The van der Waals surface area contributed by atoms with Crippen molar-refractivity contribution in [1.82, 2.24) is 15.6 Å². The van der Waals surface area contributed by atoms with E-state index < -0.39 is 0 Å². The molecular formula is C17H20FN3O. The number of H-pyrrole nitrogens is 1. The molecule has 116 valence electrons. The van der Waals surface area contributed by atoms with Gasteiger partial charge in [-0.2, -0.15) is 0 Å². The number of nitrogens with one attached hydrogen (secondary N) is 3. The van der Waals surface area contributed by atoms with E-state index in [1.807, 2.05) is 0 Å². The summed E-state index contributed by atoms with van der Waals surface area (Å²) in [5, 5.41) is 6.47. The molecule has 1 aliphatic heterocycles. The summed E-state index contributed by atoms with van der Waals surface area (Å²) in [6, 6.07) is 6.57. The van der Waals surface area contributed by atoms with Crippen LogP contribution in [0.15, 0.2) is 36.7 Å². The predicted molar refractivity (Wildman–Crippen MR) is 84.1 cm³/mol. The third-order valence-corrected chi connectivity index (χ3v) is 4.22. The number of hydrogen-bond acceptors (Lipinski definition) is 2. The van der Waals surface area contributed by atoms with Crippen LogP contribution < -0.4 is 10.6 Å². The monoisotopic (exact) mass is 301 g/mol. The number of piperidine rings is 1. The van der Waals surface area contributed by atoms with Gasteiger partial charge in [0.15, 0.2) is 0 Å². The van der Waals surface area contributed by atoms with Crippen molar-refractivity contribution in [2.75, 3.05) is 6.54 Å². The van der Waals surface area contributed by atoms with Crippen LogP contribution in [-0.4, -0.2) is 29.5 Å². The molecule has 0 bridgehead atoms. The van der Waals surface area contributed by atoms with Crippen LogP contribution in [-0.2, 0) is 0 Å². The Bertz CT molecular complexity index is 650. The van der Waals surface area contributed by atoms with Gasteiger partial charge in [-0.3, -0.25) is 4.79 Å². The molecule has 1 fully saturated rings. The molecular weight excluding hydrogens is 281 g/mol. The number of hydrogen-bond donors (Lipinski definition) is 3. The summed E-state index contributed by atoms with van der Waals surface area (Å²) in [6.45, 7) is 3.08. The number of carbonyl (C=O) groups excluding carboxylic acids is 1. The van der Waals surface area contributed by atoms with Gasteiger partial charge in [-0.1, -0.05) is 12.1 Å². The van der Waals surface area contributed by atoms with E-state index in [1.54, 1.807) is 24.5 Å². The van der Waals surface area contributed by atoms with E-state index in [-0.39, 0.29) is 23.8 Å². The normalized spacial score (nSPS) is 21.5. The molecule has 22 heavy (non-hydrogen) atoms. The quantitative estimate of drug-likeness (QED) is 0.816. The highest BCUT2D eigenvalue weighted by Gasteiger charge is 2.24. The summed E-state index contributed by atoms with van der Waals surface area (Å²) in [4.78, 5) is 15.5.